The minimum absolute atomic E-state index is 0.0452. The molecule has 1 saturated carbocycles. The number of hydrogen-bond acceptors (Lipinski definition) is 4. The summed E-state index contributed by atoms with van der Waals surface area (Å²) < 4.78 is 0. The fourth-order valence-electron chi connectivity index (χ4n) is 3.64. The van der Waals surface area contributed by atoms with Gasteiger partial charge in [0.2, 0.25) is 0 Å². The van der Waals surface area contributed by atoms with Crippen LogP contribution in [-0.2, 0) is 11.3 Å². The van der Waals surface area contributed by atoms with E-state index in [1.165, 1.54) is 37.7 Å². The highest BCUT2D eigenvalue weighted by molar-refractivity contribution is 7.09. The van der Waals surface area contributed by atoms with Crippen LogP contribution in [0.15, 0.2) is 41.8 Å². The maximum atomic E-state index is 12.5. The van der Waals surface area contributed by atoms with Crippen molar-refractivity contribution in [2.24, 2.45) is 0 Å². The zero-order valence-electron chi connectivity index (χ0n) is 14.9. The van der Waals surface area contributed by atoms with Gasteiger partial charge < -0.3 is 15.2 Å². The average molecular weight is 372 g/mol. The number of carboxylic acid groups (broad SMARTS) is 1. The molecule has 4 nitrogen and oxygen atoms in total. The van der Waals surface area contributed by atoms with E-state index in [1.807, 2.05) is 41.8 Å². The fraction of sp³-hybridized carbons (Fsp3) is 0.429. The minimum atomic E-state index is -1.19. The quantitative estimate of drug-likeness (QED) is 0.723. The van der Waals surface area contributed by atoms with Crippen molar-refractivity contribution >= 4 is 23.1 Å². The summed E-state index contributed by atoms with van der Waals surface area (Å²) in [6.45, 7) is 0.546. The standard InChI is InChI=1S/C21H25NO3S/c23-20(13-19(21(24)25)22-14-18-7-4-12-26-18)17-10-8-16(9-11-17)15-5-2-1-3-6-15/h4,7-12,15,19,22H,1-3,5-6,13-14H2,(H,24,25)/t19-/m1/s1. The first-order chi connectivity index (χ1) is 12.6. The van der Waals surface area contributed by atoms with E-state index in [9.17, 15) is 14.7 Å². The predicted molar refractivity (Wildman–Crippen MR) is 100.0 cm³/mol. The van der Waals surface area contributed by atoms with Crippen LogP contribution in [0.25, 0.3) is 0 Å². The van der Waals surface area contributed by atoms with Crippen LogP contribution in [0.5, 0.6) is 0 Å². The number of aliphatic carboxylic acids is 1. The summed E-state index contributed by atoms with van der Waals surface area (Å²) in [6, 6.07) is 10.8. The second kappa shape index (κ2) is 9.10. The van der Waals surface area contributed by atoms with Crippen LogP contribution in [0.1, 0.15) is 65.2 Å². The van der Waals surface area contributed by atoms with Gasteiger partial charge in [0, 0.05) is 5.56 Å². The summed E-state index contributed by atoms with van der Waals surface area (Å²) in [5.41, 5.74) is 1.88. The van der Waals surface area contributed by atoms with Crippen LogP contribution in [0.4, 0.5) is 0 Å². The molecule has 2 aromatic rings. The Morgan fingerprint density at radius 1 is 1.12 bits per heavy atom. The molecule has 1 aromatic carbocycles. The van der Waals surface area contributed by atoms with Gasteiger partial charge in [-0.1, -0.05) is 49.6 Å². The van der Waals surface area contributed by atoms with Crippen LogP contribution in [0, 0.1) is 0 Å². The molecule has 0 aliphatic heterocycles. The van der Waals surface area contributed by atoms with Gasteiger partial charge in [-0.25, -0.2) is 0 Å². The van der Waals surface area contributed by atoms with Crippen LogP contribution in [0.3, 0.4) is 0 Å². The number of Topliss-reactive ketones (excluding diaryl/α,β-unsaturated/α-hetero) is 1. The maximum Gasteiger partial charge on any atom is 0.169 e. The minimum Gasteiger partial charge on any atom is -0.544 e. The Morgan fingerprint density at radius 3 is 2.46 bits per heavy atom. The molecule has 3 rings (SSSR count). The summed E-state index contributed by atoms with van der Waals surface area (Å²) in [5.74, 6) is -0.728. The molecular weight excluding hydrogens is 346 g/mol. The molecule has 1 aromatic heterocycles. The number of quaternary nitrogens is 1. The first-order valence-corrected chi connectivity index (χ1v) is 10.2. The normalized spacial score (nSPS) is 16.3. The zero-order valence-corrected chi connectivity index (χ0v) is 15.7. The summed E-state index contributed by atoms with van der Waals surface area (Å²) in [6.07, 6.45) is 6.27. The lowest BCUT2D eigenvalue weighted by Crippen LogP contribution is -2.92. The molecule has 2 N–H and O–H groups in total. The Labute approximate surface area is 158 Å². The molecular formula is C21H25NO3S. The molecule has 1 heterocycles. The number of carbonyl (C=O) groups is 2. The van der Waals surface area contributed by atoms with E-state index in [-0.39, 0.29) is 12.2 Å². The van der Waals surface area contributed by atoms with Crippen LogP contribution >= 0.6 is 11.3 Å². The first kappa shape index (κ1) is 18.8. The maximum absolute atomic E-state index is 12.5. The average Bonchev–Trinajstić information content (AvgIpc) is 3.19. The van der Waals surface area contributed by atoms with Gasteiger partial charge in [-0.3, -0.25) is 4.79 Å². The Balaban J connectivity index is 1.58. The largest absolute Gasteiger partial charge is 0.544 e. The lowest BCUT2D eigenvalue weighted by molar-refractivity contribution is -0.696. The van der Waals surface area contributed by atoms with Crippen molar-refractivity contribution in [2.75, 3.05) is 0 Å². The molecule has 0 amide bonds. The Kier molecular flexibility index (Phi) is 6.58. The molecule has 1 atom stereocenters. The second-order valence-electron chi connectivity index (χ2n) is 7.03. The summed E-state index contributed by atoms with van der Waals surface area (Å²) in [4.78, 5) is 25.0. The van der Waals surface area contributed by atoms with Crippen LogP contribution in [0.2, 0.25) is 0 Å². The SMILES string of the molecule is O=C(C[C@@H]([NH2+]Cc1cccs1)C(=O)[O-])c1ccc(C2CCCCC2)cc1. The Hall–Kier alpha value is -1.98. The van der Waals surface area contributed by atoms with Crippen molar-refractivity contribution in [1.82, 2.24) is 0 Å². The van der Waals surface area contributed by atoms with E-state index < -0.39 is 12.0 Å². The van der Waals surface area contributed by atoms with Crippen molar-refractivity contribution in [3.8, 4) is 0 Å². The molecule has 0 spiro atoms. The second-order valence-corrected chi connectivity index (χ2v) is 8.06. The van der Waals surface area contributed by atoms with E-state index in [4.69, 9.17) is 0 Å². The smallest absolute Gasteiger partial charge is 0.169 e. The number of thiophene rings is 1. The van der Waals surface area contributed by atoms with Crippen molar-refractivity contribution in [3.05, 3.63) is 57.8 Å². The number of carbonyl (C=O) groups excluding carboxylic acids is 2. The lowest BCUT2D eigenvalue weighted by Gasteiger charge is -2.22. The zero-order chi connectivity index (χ0) is 18.4. The number of nitrogens with two attached hydrogens (primary N) is 1. The van der Waals surface area contributed by atoms with Gasteiger partial charge in [0.25, 0.3) is 0 Å². The van der Waals surface area contributed by atoms with Crippen LogP contribution in [-0.4, -0.2) is 17.8 Å². The van der Waals surface area contributed by atoms with E-state index in [0.717, 1.165) is 4.88 Å². The highest BCUT2D eigenvalue weighted by Crippen LogP contribution is 2.32. The number of carboxylic acids is 1. The van der Waals surface area contributed by atoms with Gasteiger partial charge >= 0.3 is 0 Å². The molecule has 0 bridgehead atoms. The van der Waals surface area contributed by atoms with Gasteiger partial charge in [-0.15, -0.1) is 11.3 Å². The van der Waals surface area contributed by atoms with E-state index >= 15 is 0 Å². The molecule has 5 heteroatoms. The number of rotatable bonds is 8. The predicted octanol–water partition coefficient (Wildman–Crippen LogP) is 2.25. The summed E-state index contributed by atoms with van der Waals surface area (Å²) in [7, 11) is 0. The lowest BCUT2D eigenvalue weighted by atomic mass is 9.84. The third-order valence-corrected chi connectivity index (χ3v) is 6.10. The van der Waals surface area contributed by atoms with Gasteiger partial charge in [0.1, 0.15) is 12.6 Å². The summed E-state index contributed by atoms with van der Waals surface area (Å²) in [5, 5.41) is 15.0. The van der Waals surface area contributed by atoms with Crippen molar-refractivity contribution in [2.45, 2.75) is 57.0 Å². The summed E-state index contributed by atoms with van der Waals surface area (Å²) >= 11 is 1.58. The molecule has 138 valence electrons. The first-order valence-electron chi connectivity index (χ1n) is 9.33. The van der Waals surface area contributed by atoms with E-state index in [0.29, 0.717) is 18.0 Å². The van der Waals surface area contributed by atoms with Gasteiger partial charge in [-0.2, -0.15) is 0 Å². The van der Waals surface area contributed by atoms with E-state index in [2.05, 4.69) is 0 Å². The Morgan fingerprint density at radius 2 is 1.85 bits per heavy atom. The number of hydrogen-bond donors (Lipinski definition) is 1. The van der Waals surface area contributed by atoms with Crippen molar-refractivity contribution < 1.29 is 20.0 Å². The third kappa shape index (κ3) is 5.02. The highest BCUT2D eigenvalue weighted by Gasteiger charge is 2.20. The van der Waals surface area contributed by atoms with Gasteiger partial charge in [-0.05, 0) is 35.8 Å². The third-order valence-electron chi connectivity index (χ3n) is 5.20. The topological polar surface area (TPSA) is 73.8 Å². The fourth-order valence-corrected chi connectivity index (χ4v) is 4.33. The molecule has 1 aliphatic rings. The van der Waals surface area contributed by atoms with Crippen molar-refractivity contribution in [1.29, 1.82) is 0 Å². The number of ketones is 1. The highest BCUT2D eigenvalue weighted by atomic mass is 32.1. The van der Waals surface area contributed by atoms with Crippen molar-refractivity contribution in [3.63, 3.8) is 0 Å². The van der Waals surface area contributed by atoms with Crippen LogP contribution < -0.4 is 10.4 Å². The Bertz CT molecular complexity index is 718. The molecule has 1 aliphatic carbocycles. The number of benzene rings is 1. The molecule has 26 heavy (non-hydrogen) atoms. The van der Waals surface area contributed by atoms with Gasteiger partial charge in [0.15, 0.2) is 5.78 Å². The molecule has 1 fully saturated rings. The van der Waals surface area contributed by atoms with Gasteiger partial charge in [0.05, 0.1) is 17.3 Å². The molecule has 0 saturated heterocycles. The molecule has 0 unspecified atom stereocenters. The molecule has 0 radical (unpaired) electrons. The van der Waals surface area contributed by atoms with E-state index in [1.54, 1.807) is 16.7 Å². The monoisotopic (exact) mass is 371 g/mol.